The number of carbonyl (C=O) groups is 1. The highest BCUT2D eigenvalue weighted by Gasteiger charge is 2.15. The van der Waals surface area contributed by atoms with Gasteiger partial charge in [-0.15, -0.1) is 0 Å². The van der Waals surface area contributed by atoms with Gasteiger partial charge in [-0.1, -0.05) is 12.0 Å². The van der Waals surface area contributed by atoms with Crippen LogP contribution in [0.4, 0.5) is 5.69 Å². The molecule has 9 nitrogen and oxygen atoms in total. The lowest BCUT2D eigenvalue weighted by Crippen LogP contribution is -2.43. The lowest BCUT2D eigenvalue weighted by Gasteiger charge is -2.32. The number of H-pyrrole nitrogens is 1. The molecule has 0 bridgehead atoms. The number of amides is 1. The van der Waals surface area contributed by atoms with E-state index in [9.17, 15) is 4.79 Å². The maximum atomic E-state index is 12.9. The van der Waals surface area contributed by atoms with Crippen LogP contribution >= 0.6 is 0 Å². The molecule has 0 unspecified atom stereocenters. The number of carbonyl (C=O) groups excluding carboxylic acids is 1. The van der Waals surface area contributed by atoms with Gasteiger partial charge in [0.2, 0.25) is 0 Å². The van der Waals surface area contributed by atoms with Crippen molar-refractivity contribution >= 4 is 22.6 Å². The molecule has 0 aliphatic carbocycles. The summed E-state index contributed by atoms with van der Waals surface area (Å²) in [5.74, 6) is 5.82. The van der Waals surface area contributed by atoms with Crippen LogP contribution in [-0.4, -0.2) is 74.1 Å². The van der Waals surface area contributed by atoms with Gasteiger partial charge in [-0.3, -0.25) is 19.8 Å². The van der Waals surface area contributed by atoms with Gasteiger partial charge in [-0.2, -0.15) is 5.10 Å². The fraction of sp³-hybridized carbons (Fsp3) is 0.269. The maximum Gasteiger partial charge on any atom is 0.257 e. The zero-order valence-electron chi connectivity index (χ0n) is 19.7. The summed E-state index contributed by atoms with van der Waals surface area (Å²) in [5, 5.41) is 10.7. The molecule has 0 atom stereocenters. The minimum Gasteiger partial charge on any atom is -0.322 e. The second-order valence-electron chi connectivity index (χ2n) is 8.75. The van der Waals surface area contributed by atoms with Crippen molar-refractivity contribution in [2.75, 3.05) is 38.5 Å². The fourth-order valence-electron chi connectivity index (χ4n) is 4.02. The molecule has 1 aliphatic rings. The van der Waals surface area contributed by atoms with E-state index in [2.05, 4.69) is 72.1 Å². The molecule has 35 heavy (non-hydrogen) atoms. The van der Waals surface area contributed by atoms with Crippen LogP contribution in [0.15, 0.2) is 49.2 Å². The van der Waals surface area contributed by atoms with E-state index < -0.39 is 0 Å². The van der Waals surface area contributed by atoms with Crippen LogP contribution in [0.25, 0.3) is 11.0 Å². The molecule has 1 amide bonds. The van der Waals surface area contributed by atoms with Gasteiger partial charge in [0.1, 0.15) is 12.0 Å². The van der Waals surface area contributed by atoms with E-state index in [0.29, 0.717) is 22.5 Å². The topological polar surface area (TPSA) is 103 Å². The molecule has 176 valence electrons. The van der Waals surface area contributed by atoms with E-state index in [-0.39, 0.29) is 5.91 Å². The minimum atomic E-state index is -0.229. The van der Waals surface area contributed by atoms with Crippen molar-refractivity contribution in [3.8, 4) is 11.8 Å². The highest BCUT2D eigenvalue weighted by molar-refractivity contribution is 6.04. The number of rotatable bonds is 4. The van der Waals surface area contributed by atoms with Crippen LogP contribution in [0.1, 0.15) is 32.7 Å². The van der Waals surface area contributed by atoms with Gasteiger partial charge in [0.15, 0.2) is 5.65 Å². The third-order valence-corrected chi connectivity index (χ3v) is 6.16. The van der Waals surface area contributed by atoms with Crippen molar-refractivity contribution in [2.45, 2.75) is 13.5 Å². The quantitative estimate of drug-likeness (QED) is 0.446. The number of benzene rings is 1. The predicted octanol–water partition coefficient (Wildman–Crippen LogP) is 2.46. The molecule has 3 aromatic heterocycles. The molecule has 4 heterocycles. The third-order valence-electron chi connectivity index (χ3n) is 6.16. The Morgan fingerprint density at radius 3 is 2.77 bits per heavy atom. The van der Waals surface area contributed by atoms with E-state index in [4.69, 9.17) is 0 Å². The van der Waals surface area contributed by atoms with Crippen LogP contribution in [0.2, 0.25) is 0 Å². The van der Waals surface area contributed by atoms with Crippen molar-refractivity contribution in [3.05, 3.63) is 77.1 Å². The number of nitrogens with zero attached hydrogens (tertiary/aromatic N) is 6. The molecule has 0 spiro atoms. The second-order valence-corrected chi connectivity index (χ2v) is 8.75. The first-order valence-electron chi connectivity index (χ1n) is 11.5. The molecule has 1 aromatic carbocycles. The monoisotopic (exact) mass is 466 g/mol. The smallest absolute Gasteiger partial charge is 0.257 e. The van der Waals surface area contributed by atoms with Gasteiger partial charge in [0.05, 0.1) is 10.9 Å². The average molecular weight is 467 g/mol. The van der Waals surface area contributed by atoms with E-state index >= 15 is 0 Å². The van der Waals surface area contributed by atoms with Crippen molar-refractivity contribution in [1.29, 1.82) is 0 Å². The summed E-state index contributed by atoms with van der Waals surface area (Å²) in [5.41, 5.74) is 5.43. The zero-order chi connectivity index (χ0) is 24.2. The molecule has 1 fully saturated rings. The lowest BCUT2D eigenvalue weighted by molar-refractivity contribution is 0.102. The number of piperazine rings is 1. The highest BCUT2D eigenvalue weighted by atomic mass is 16.1. The number of aryl methyl sites for hydroxylation is 1. The van der Waals surface area contributed by atoms with Gasteiger partial charge < -0.3 is 10.2 Å². The molecule has 0 radical (unpaired) electrons. The number of anilines is 1. The molecule has 2 N–H and O–H groups in total. The molecule has 9 heteroatoms. The van der Waals surface area contributed by atoms with Gasteiger partial charge in [0.25, 0.3) is 5.91 Å². The Hall–Kier alpha value is -4.13. The number of hydrogen-bond donors (Lipinski definition) is 2. The molecule has 0 saturated carbocycles. The minimum absolute atomic E-state index is 0.229. The maximum absolute atomic E-state index is 12.9. The Balaban J connectivity index is 1.26. The van der Waals surface area contributed by atoms with E-state index in [0.717, 1.165) is 49.4 Å². The number of aromatic amines is 1. The van der Waals surface area contributed by atoms with E-state index in [1.807, 2.05) is 12.1 Å². The molecule has 1 saturated heterocycles. The molecule has 1 aliphatic heterocycles. The SMILES string of the molecule is Cc1cc(NC(=O)c2cncc(C#Cc3[nH]nc4ncncc34)c2)ccc1CN1CCN(C)CC1. The van der Waals surface area contributed by atoms with Crippen LogP contribution in [0.3, 0.4) is 0 Å². The molecule has 5 rings (SSSR count). The first-order chi connectivity index (χ1) is 17.0. The van der Waals surface area contributed by atoms with E-state index in [1.165, 1.54) is 18.1 Å². The van der Waals surface area contributed by atoms with E-state index in [1.54, 1.807) is 18.5 Å². The largest absolute Gasteiger partial charge is 0.322 e. The van der Waals surface area contributed by atoms with Gasteiger partial charge in [-0.25, -0.2) is 9.97 Å². The predicted molar refractivity (Wildman–Crippen MR) is 134 cm³/mol. The fourth-order valence-corrected chi connectivity index (χ4v) is 4.02. The Labute approximate surface area is 203 Å². The van der Waals surface area contributed by atoms with Crippen molar-refractivity contribution in [1.82, 2.24) is 34.9 Å². The first kappa shape index (κ1) is 22.7. The summed E-state index contributed by atoms with van der Waals surface area (Å²) in [6.07, 6.45) is 6.26. The second kappa shape index (κ2) is 10.0. The summed E-state index contributed by atoms with van der Waals surface area (Å²) < 4.78 is 0. The van der Waals surface area contributed by atoms with Gasteiger partial charge >= 0.3 is 0 Å². The Morgan fingerprint density at radius 1 is 1.09 bits per heavy atom. The van der Waals surface area contributed by atoms with Crippen LogP contribution in [-0.2, 0) is 6.54 Å². The Bertz CT molecular complexity index is 1430. The molecular formula is C26H26N8O. The number of likely N-dealkylation sites (N-methyl/N-ethyl adjacent to an activating group) is 1. The number of pyridine rings is 1. The van der Waals surface area contributed by atoms with Gasteiger partial charge in [-0.05, 0) is 49.2 Å². The Kier molecular flexibility index (Phi) is 6.48. The first-order valence-corrected chi connectivity index (χ1v) is 11.5. The summed E-state index contributed by atoms with van der Waals surface area (Å²) in [6.45, 7) is 7.35. The zero-order valence-corrected chi connectivity index (χ0v) is 19.7. The summed E-state index contributed by atoms with van der Waals surface area (Å²) >= 11 is 0. The normalized spacial score (nSPS) is 14.5. The summed E-state index contributed by atoms with van der Waals surface area (Å²) in [7, 11) is 2.16. The van der Waals surface area contributed by atoms with Crippen molar-refractivity contribution in [3.63, 3.8) is 0 Å². The number of fused-ring (bicyclic) bond motifs is 1. The van der Waals surface area contributed by atoms with Crippen LogP contribution in [0.5, 0.6) is 0 Å². The third kappa shape index (κ3) is 5.35. The number of hydrogen-bond acceptors (Lipinski definition) is 7. The average Bonchev–Trinajstić information content (AvgIpc) is 3.29. The summed E-state index contributed by atoms with van der Waals surface area (Å²) in [6, 6.07) is 7.80. The van der Waals surface area contributed by atoms with Crippen LogP contribution in [0, 0.1) is 18.8 Å². The van der Waals surface area contributed by atoms with Crippen LogP contribution < -0.4 is 5.32 Å². The number of nitrogens with one attached hydrogen (secondary N) is 2. The standard InChI is InChI=1S/C26H26N8O/c1-18-11-22(5-4-20(18)16-34-9-7-33(2)8-10-34)30-26(35)21-12-19(13-27-14-21)3-6-24-23-15-28-17-29-25(23)32-31-24/h4-5,11-15,17H,7-10,16H2,1-2H3,(H,30,35)(H,28,29,31,32). The highest BCUT2D eigenvalue weighted by Crippen LogP contribution is 2.19. The van der Waals surface area contributed by atoms with Gasteiger partial charge in [0, 0.05) is 62.6 Å². The molecule has 4 aromatic rings. The number of aromatic nitrogens is 5. The lowest BCUT2D eigenvalue weighted by atomic mass is 10.1. The molecular weight excluding hydrogens is 440 g/mol. The summed E-state index contributed by atoms with van der Waals surface area (Å²) in [4.78, 5) is 30.0. The Morgan fingerprint density at radius 2 is 1.94 bits per heavy atom. The van der Waals surface area contributed by atoms with Crippen molar-refractivity contribution < 1.29 is 4.79 Å². The van der Waals surface area contributed by atoms with Crippen molar-refractivity contribution in [2.24, 2.45) is 0 Å².